The van der Waals surface area contributed by atoms with Crippen LogP contribution in [-0.2, 0) is 4.79 Å². The summed E-state index contributed by atoms with van der Waals surface area (Å²) >= 11 is 0. The van der Waals surface area contributed by atoms with Crippen LogP contribution >= 0.6 is 12.4 Å². The number of hydrogen-bond acceptors (Lipinski definition) is 2. The van der Waals surface area contributed by atoms with Crippen molar-refractivity contribution in [3.8, 4) is 0 Å². The Bertz CT molecular complexity index is 248. The monoisotopic (exact) mass is 290 g/mol. The molecule has 19 heavy (non-hydrogen) atoms. The minimum atomic E-state index is 0. The highest BCUT2D eigenvalue weighted by Crippen LogP contribution is 2.22. The Morgan fingerprint density at radius 3 is 2.74 bits per heavy atom. The van der Waals surface area contributed by atoms with Gasteiger partial charge in [-0.2, -0.15) is 0 Å². The molecule has 4 heteroatoms. The summed E-state index contributed by atoms with van der Waals surface area (Å²) in [4.78, 5) is 14.5. The molecule has 1 aliphatic rings. The first kappa shape index (κ1) is 18.7. The van der Waals surface area contributed by atoms with Crippen LogP contribution in [-0.4, -0.2) is 37.0 Å². The van der Waals surface area contributed by atoms with Gasteiger partial charge in [-0.1, -0.05) is 33.1 Å². The van der Waals surface area contributed by atoms with E-state index in [9.17, 15) is 4.79 Å². The molecule has 1 aliphatic heterocycles. The summed E-state index contributed by atoms with van der Waals surface area (Å²) in [5, 5.41) is 3.20. The summed E-state index contributed by atoms with van der Waals surface area (Å²) in [5.41, 5.74) is 0. The van der Waals surface area contributed by atoms with E-state index in [2.05, 4.69) is 24.1 Å². The SMILES string of the molecule is CCCCC(CC)CC(=O)N1CCCC1CNC.Cl. The van der Waals surface area contributed by atoms with Gasteiger partial charge >= 0.3 is 0 Å². The quantitative estimate of drug-likeness (QED) is 0.744. The van der Waals surface area contributed by atoms with E-state index in [4.69, 9.17) is 0 Å². The highest BCUT2D eigenvalue weighted by Gasteiger charge is 2.28. The summed E-state index contributed by atoms with van der Waals surface area (Å²) in [6.07, 6.45) is 7.93. The van der Waals surface area contributed by atoms with Gasteiger partial charge in [0.05, 0.1) is 0 Å². The van der Waals surface area contributed by atoms with Crippen LogP contribution in [0.4, 0.5) is 0 Å². The van der Waals surface area contributed by atoms with E-state index >= 15 is 0 Å². The third kappa shape index (κ3) is 6.13. The number of likely N-dealkylation sites (tertiary alicyclic amines) is 1. The van der Waals surface area contributed by atoms with Crippen LogP contribution in [0.25, 0.3) is 0 Å². The number of unbranched alkanes of at least 4 members (excludes halogenated alkanes) is 1. The zero-order valence-corrected chi connectivity index (χ0v) is 13.6. The van der Waals surface area contributed by atoms with Gasteiger partial charge < -0.3 is 10.2 Å². The van der Waals surface area contributed by atoms with Crippen molar-refractivity contribution in [2.75, 3.05) is 20.1 Å². The summed E-state index contributed by atoms with van der Waals surface area (Å²) in [6, 6.07) is 0.436. The fraction of sp³-hybridized carbons (Fsp3) is 0.933. The third-order valence-electron chi connectivity index (χ3n) is 4.14. The van der Waals surface area contributed by atoms with Crippen LogP contribution in [0.2, 0.25) is 0 Å². The van der Waals surface area contributed by atoms with Crippen LogP contribution < -0.4 is 5.32 Å². The Labute approximate surface area is 124 Å². The van der Waals surface area contributed by atoms with Gasteiger partial charge in [0.15, 0.2) is 0 Å². The smallest absolute Gasteiger partial charge is 0.223 e. The van der Waals surface area contributed by atoms with E-state index in [1.165, 1.54) is 32.1 Å². The van der Waals surface area contributed by atoms with Crippen molar-refractivity contribution in [1.82, 2.24) is 10.2 Å². The van der Waals surface area contributed by atoms with E-state index in [0.717, 1.165) is 25.9 Å². The third-order valence-corrected chi connectivity index (χ3v) is 4.14. The number of nitrogens with one attached hydrogen (secondary N) is 1. The van der Waals surface area contributed by atoms with Gasteiger partial charge in [0, 0.05) is 25.6 Å². The Balaban J connectivity index is 0.00000324. The van der Waals surface area contributed by atoms with Crippen LogP contribution in [0.1, 0.15) is 58.8 Å². The molecule has 2 atom stereocenters. The molecule has 0 radical (unpaired) electrons. The van der Waals surface area contributed by atoms with Crippen molar-refractivity contribution in [1.29, 1.82) is 0 Å². The maximum absolute atomic E-state index is 12.4. The predicted octanol–water partition coefficient (Wildman–Crippen LogP) is 3.23. The van der Waals surface area contributed by atoms with Crippen molar-refractivity contribution in [3.05, 3.63) is 0 Å². The van der Waals surface area contributed by atoms with Crippen molar-refractivity contribution >= 4 is 18.3 Å². The lowest BCUT2D eigenvalue weighted by atomic mass is 9.95. The minimum absolute atomic E-state index is 0. The molecule has 114 valence electrons. The normalized spacial score (nSPS) is 20.2. The second kappa shape index (κ2) is 10.5. The largest absolute Gasteiger partial charge is 0.338 e. The molecule has 0 saturated carbocycles. The zero-order chi connectivity index (χ0) is 13.4. The molecule has 2 unspecified atom stereocenters. The van der Waals surface area contributed by atoms with Crippen LogP contribution in [0.3, 0.4) is 0 Å². The van der Waals surface area contributed by atoms with Gasteiger partial charge in [-0.3, -0.25) is 4.79 Å². The molecule has 1 saturated heterocycles. The molecule has 1 N–H and O–H groups in total. The molecular formula is C15H31ClN2O. The second-order valence-corrected chi connectivity index (χ2v) is 5.56. The van der Waals surface area contributed by atoms with Gasteiger partial charge in [-0.05, 0) is 32.2 Å². The molecule has 0 spiro atoms. The van der Waals surface area contributed by atoms with Crippen LogP contribution in [0.5, 0.6) is 0 Å². The first-order valence-electron chi connectivity index (χ1n) is 7.66. The molecule has 0 bridgehead atoms. The molecule has 1 rings (SSSR count). The van der Waals surface area contributed by atoms with Crippen molar-refractivity contribution < 1.29 is 4.79 Å². The van der Waals surface area contributed by atoms with E-state index in [1.54, 1.807) is 0 Å². The van der Waals surface area contributed by atoms with Gasteiger partial charge in [0.1, 0.15) is 0 Å². The van der Waals surface area contributed by atoms with Gasteiger partial charge in [-0.15, -0.1) is 12.4 Å². The van der Waals surface area contributed by atoms with Crippen molar-refractivity contribution in [3.63, 3.8) is 0 Å². The van der Waals surface area contributed by atoms with E-state index < -0.39 is 0 Å². The topological polar surface area (TPSA) is 32.3 Å². The van der Waals surface area contributed by atoms with E-state index in [1.807, 2.05) is 7.05 Å². The minimum Gasteiger partial charge on any atom is -0.338 e. The zero-order valence-electron chi connectivity index (χ0n) is 12.8. The average molecular weight is 291 g/mol. The fourth-order valence-corrected chi connectivity index (χ4v) is 2.92. The summed E-state index contributed by atoms with van der Waals surface area (Å²) < 4.78 is 0. The maximum Gasteiger partial charge on any atom is 0.223 e. The number of carbonyl (C=O) groups is 1. The molecule has 0 aromatic carbocycles. The molecule has 1 fully saturated rings. The lowest BCUT2D eigenvalue weighted by Gasteiger charge is -2.26. The molecule has 0 aliphatic carbocycles. The summed E-state index contributed by atoms with van der Waals surface area (Å²) in [7, 11) is 1.97. The van der Waals surface area contributed by atoms with Gasteiger partial charge in [0.25, 0.3) is 0 Å². The van der Waals surface area contributed by atoms with Crippen molar-refractivity contribution in [2.24, 2.45) is 5.92 Å². The lowest BCUT2D eigenvalue weighted by Crippen LogP contribution is -2.41. The molecule has 0 aromatic heterocycles. The van der Waals surface area contributed by atoms with Gasteiger partial charge in [0.2, 0.25) is 5.91 Å². The molecule has 0 aromatic rings. The number of rotatable bonds is 8. The molecule has 3 nitrogen and oxygen atoms in total. The Morgan fingerprint density at radius 1 is 1.42 bits per heavy atom. The Morgan fingerprint density at radius 2 is 2.16 bits per heavy atom. The second-order valence-electron chi connectivity index (χ2n) is 5.56. The number of amides is 1. The molecule has 1 heterocycles. The highest BCUT2D eigenvalue weighted by molar-refractivity contribution is 5.85. The molecule has 1 amide bonds. The lowest BCUT2D eigenvalue weighted by molar-refractivity contribution is -0.133. The first-order valence-corrected chi connectivity index (χ1v) is 7.66. The average Bonchev–Trinajstić information content (AvgIpc) is 2.83. The van der Waals surface area contributed by atoms with E-state index in [-0.39, 0.29) is 12.4 Å². The number of likely N-dealkylation sites (N-methyl/N-ethyl adjacent to an activating group) is 1. The number of hydrogen-bond donors (Lipinski definition) is 1. The fourth-order valence-electron chi connectivity index (χ4n) is 2.92. The van der Waals surface area contributed by atoms with Crippen LogP contribution in [0, 0.1) is 5.92 Å². The summed E-state index contributed by atoms with van der Waals surface area (Å²) in [6.45, 7) is 6.34. The molecular weight excluding hydrogens is 260 g/mol. The van der Waals surface area contributed by atoms with Crippen molar-refractivity contribution in [2.45, 2.75) is 64.8 Å². The summed E-state index contributed by atoms with van der Waals surface area (Å²) in [5.74, 6) is 0.976. The Hall–Kier alpha value is -0.280. The number of halogens is 1. The number of nitrogens with zero attached hydrogens (tertiary/aromatic N) is 1. The van der Waals surface area contributed by atoms with Crippen LogP contribution in [0.15, 0.2) is 0 Å². The van der Waals surface area contributed by atoms with Gasteiger partial charge in [-0.25, -0.2) is 0 Å². The predicted molar refractivity (Wildman–Crippen MR) is 83.8 cm³/mol. The highest BCUT2D eigenvalue weighted by atomic mass is 35.5. The maximum atomic E-state index is 12.4. The first-order chi connectivity index (χ1) is 8.72. The van der Waals surface area contributed by atoms with E-state index in [0.29, 0.717) is 17.9 Å². The number of carbonyl (C=O) groups excluding carboxylic acids is 1. The standard InChI is InChI=1S/C15H30N2O.ClH/c1-4-6-8-13(5-2)11-15(18)17-10-7-9-14(17)12-16-3;/h13-14,16H,4-12H2,1-3H3;1H. The Kier molecular flexibility index (Phi) is 10.3.